The molecule has 0 heterocycles. The van der Waals surface area contributed by atoms with Crippen LogP contribution in [0.3, 0.4) is 0 Å². The molecule has 4 rings (SSSR count). The molecule has 0 aliphatic heterocycles. The largest absolute Gasteiger partial charge is 0.304 e. The summed E-state index contributed by atoms with van der Waals surface area (Å²) in [5.41, 5.74) is 9.70. The molecule has 1 aliphatic carbocycles. The monoisotopic (exact) mass is 543 g/mol. The van der Waals surface area contributed by atoms with Crippen LogP contribution in [0.1, 0.15) is 94.2 Å². The second kappa shape index (κ2) is 15.6. The average molecular weight is 544 g/mol. The van der Waals surface area contributed by atoms with E-state index < -0.39 is 0 Å². The van der Waals surface area contributed by atoms with Crippen molar-refractivity contribution in [3.63, 3.8) is 0 Å². The Bertz CT molecular complexity index is 1120. The Morgan fingerprint density at radius 3 is 2.15 bits per heavy atom. The Balaban J connectivity index is 1.36. The molecule has 0 saturated heterocycles. The molecule has 1 fully saturated rings. The molecule has 0 unspecified atom stereocenters. The molecule has 0 atom stereocenters. The molecular weight excluding hydrogens is 494 g/mol. The predicted molar refractivity (Wildman–Crippen MR) is 171 cm³/mol. The summed E-state index contributed by atoms with van der Waals surface area (Å²) in [7, 11) is 3.79. The van der Waals surface area contributed by atoms with E-state index in [0.29, 0.717) is 0 Å². The third-order valence-electron chi connectivity index (χ3n) is 8.67. The summed E-state index contributed by atoms with van der Waals surface area (Å²) in [6.07, 6.45) is 14.5. The van der Waals surface area contributed by atoms with E-state index in [0.717, 1.165) is 37.6 Å². The van der Waals surface area contributed by atoms with Crippen LogP contribution in [-0.2, 0) is 17.0 Å². The van der Waals surface area contributed by atoms with Crippen LogP contribution >= 0.6 is 12.2 Å². The summed E-state index contributed by atoms with van der Waals surface area (Å²) in [6, 6.07) is 25.7. The lowest BCUT2D eigenvalue weighted by Gasteiger charge is -2.29. The number of rotatable bonds is 14. The topological polar surface area (TPSA) is 12.5 Å². The molecule has 3 aromatic rings. The Kier molecular flexibility index (Phi) is 12.0. The van der Waals surface area contributed by atoms with Crippen molar-refractivity contribution in [2.75, 3.05) is 20.7 Å². The fourth-order valence-corrected chi connectivity index (χ4v) is 6.74. The van der Waals surface area contributed by atoms with E-state index in [1.54, 1.807) is 12.7 Å². The van der Waals surface area contributed by atoms with Crippen molar-refractivity contribution in [3.05, 3.63) is 83.4 Å². The summed E-state index contributed by atoms with van der Waals surface area (Å²) >= 11 is 1.41. The van der Waals surface area contributed by atoms with Crippen molar-refractivity contribution in [2.24, 2.45) is 5.92 Å². The van der Waals surface area contributed by atoms with Crippen molar-refractivity contribution in [2.45, 2.75) is 90.4 Å². The van der Waals surface area contributed by atoms with Crippen molar-refractivity contribution < 1.29 is 4.18 Å². The highest BCUT2D eigenvalue weighted by molar-refractivity contribution is 7.92. The second-order valence-electron chi connectivity index (χ2n) is 11.5. The van der Waals surface area contributed by atoms with Gasteiger partial charge in [0.2, 0.25) is 0 Å². The quantitative estimate of drug-likeness (QED) is 0.114. The Hall–Kier alpha value is -2.07. The zero-order chi connectivity index (χ0) is 27.5. The van der Waals surface area contributed by atoms with Gasteiger partial charge in [-0.15, -0.1) is 0 Å². The standard InChI is InChI=1S/C36H49NOS/c1-5-7-8-10-28-12-16-31(17-13-28)32-20-22-34(23-21-32)36-25-24-35(27-30(36)6-2)33-18-14-29(15-19-33)11-9-26-37(3)39-38-4/h14-15,18-25,27-28,31H,5-13,16-17,26H2,1-4H3. The molecule has 0 bridgehead atoms. The summed E-state index contributed by atoms with van der Waals surface area (Å²) in [4.78, 5) is 0. The predicted octanol–water partition coefficient (Wildman–Crippen LogP) is 10.5. The van der Waals surface area contributed by atoms with Gasteiger partial charge in [-0.3, -0.25) is 0 Å². The second-order valence-corrected chi connectivity index (χ2v) is 12.6. The Morgan fingerprint density at radius 2 is 1.49 bits per heavy atom. The average Bonchev–Trinajstić information content (AvgIpc) is 2.98. The maximum Gasteiger partial charge on any atom is 0.0813 e. The highest BCUT2D eigenvalue weighted by Gasteiger charge is 2.22. The minimum Gasteiger partial charge on any atom is -0.304 e. The van der Waals surface area contributed by atoms with Gasteiger partial charge in [0.25, 0.3) is 0 Å². The van der Waals surface area contributed by atoms with E-state index >= 15 is 0 Å². The summed E-state index contributed by atoms with van der Waals surface area (Å²) in [5.74, 6) is 1.73. The van der Waals surface area contributed by atoms with Crippen LogP contribution in [0, 0.1) is 5.92 Å². The van der Waals surface area contributed by atoms with Gasteiger partial charge in [0.15, 0.2) is 0 Å². The number of hydrogen-bond acceptors (Lipinski definition) is 3. The lowest BCUT2D eigenvalue weighted by Crippen LogP contribution is -2.13. The summed E-state index contributed by atoms with van der Waals surface area (Å²) < 4.78 is 7.25. The lowest BCUT2D eigenvalue weighted by atomic mass is 9.77. The maximum atomic E-state index is 5.12. The summed E-state index contributed by atoms with van der Waals surface area (Å²) in [5, 5.41) is 0. The smallest absolute Gasteiger partial charge is 0.0813 e. The highest BCUT2D eigenvalue weighted by Crippen LogP contribution is 2.39. The van der Waals surface area contributed by atoms with E-state index in [-0.39, 0.29) is 0 Å². The minimum atomic E-state index is 0.752. The van der Waals surface area contributed by atoms with Crippen LogP contribution in [0.4, 0.5) is 0 Å². The molecular formula is C36H49NOS. The molecule has 1 aliphatic rings. The van der Waals surface area contributed by atoms with Gasteiger partial charge in [0.1, 0.15) is 0 Å². The molecule has 210 valence electrons. The Morgan fingerprint density at radius 1 is 0.795 bits per heavy atom. The van der Waals surface area contributed by atoms with Crippen molar-refractivity contribution in [1.29, 1.82) is 0 Å². The molecule has 0 radical (unpaired) electrons. The SMILES string of the molecule is CCCCCC1CCC(c2ccc(-c3ccc(-c4ccc(CCCN(C)SOC)cc4)cc3CC)cc2)CC1. The summed E-state index contributed by atoms with van der Waals surface area (Å²) in [6.45, 7) is 5.60. The first kappa shape index (κ1) is 29.9. The zero-order valence-electron chi connectivity index (χ0n) is 24.8. The molecule has 1 saturated carbocycles. The number of benzene rings is 3. The molecule has 2 nitrogen and oxygen atoms in total. The van der Waals surface area contributed by atoms with E-state index in [9.17, 15) is 0 Å². The van der Waals surface area contributed by atoms with Gasteiger partial charge in [-0.1, -0.05) is 106 Å². The van der Waals surface area contributed by atoms with E-state index in [1.807, 2.05) is 0 Å². The first-order valence-electron chi connectivity index (χ1n) is 15.4. The van der Waals surface area contributed by atoms with Crippen LogP contribution in [0.5, 0.6) is 0 Å². The van der Waals surface area contributed by atoms with Crippen LogP contribution in [-0.4, -0.2) is 25.0 Å². The number of aryl methyl sites for hydroxylation is 2. The van der Waals surface area contributed by atoms with Crippen LogP contribution in [0.2, 0.25) is 0 Å². The molecule has 3 aromatic carbocycles. The number of hydrogen-bond donors (Lipinski definition) is 0. The first-order chi connectivity index (χ1) is 19.1. The third kappa shape index (κ3) is 8.71. The van der Waals surface area contributed by atoms with Gasteiger partial charge >= 0.3 is 0 Å². The molecule has 3 heteroatoms. The van der Waals surface area contributed by atoms with Gasteiger partial charge in [0, 0.05) is 6.54 Å². The van der Waals surface area contributed by atoms with E-state index in [1.165, 1.54) is 97.0 Å². The van der Waals surface area contributed by atoms with Gasteiger partial charge in [0.05, 0.1) is 19.3 Å². The van der Waals surface area contributed by atoms with Gasteiger partial charge in [-0.25, -0.2) is 4.31 Å². The van der Waals surface area contributed by atoms with Gasteiger partial charge < -0.3 is 4.18 Å². The molecule has 0 amide bonds. The van der Waals surface area contributed by atoms with Crippen molar-refractivity contribution in [3.8, 4) is 22.3 Å². The third-order valence-corrected chi connectivity index (χ3v) is 9.26. The first-order valence-corrected chi connectivity index (χ1v) is 16.1. The van der Waals surface area contributed by atoms with E-state index in [2.05, 4.69) is 91.9 Å². The van der Waals surface area contributed by atoms with Gasteiger partial charge in [-0.05, 0) is 103 Å². The van der Waals surface area contributed by atoms with Crippen molar-refractivity contribution >= 4 is 12.2 Å². The molecule has 0 N–H and O–H groups in total. The van der Waals surface area contributed by atoms with E-state index in [4.69, 9.17) is 4.18 Å². The van der Waals surface area contributed by atoms with Crippen LogP contribution in [0.25, 0.3) is 22.3 Å². The highest BCUT2D eigenvalue weighted by atomic mass is 32.2. The lowest BCUT2D eigenvalue weighted by molar-refractivity contribution is 0.303. The van der Waals surface area contributed by atoms with Crippen LogP contribution < -0.4 is 0 Å². The van der Waals surface area contributed by atoms with Crippen molar-refractivity contribution in [1.82, 2.24) is 4.31 Å². The number of unbranched alkanes of at least 4 members (excludes halogenated alkanes) is 2. The fourth-order valence-electron chi connectivity index (χ4n) is 6.28. The minimum absolute atomic E-state index is 0.752. The maximum absolute atomic E-state index is 5.12. The normalized spacial score (nSPS) is 17.6. The Labute approximate surface area is 242 Å². The zero-order valence-corrected chi connectivity index (χ0v) is 25.6. The fraction of sp³-hybridized carbons (Fsp3) is 0.500. The molecule has 39 heavy (non-hydrogen) atoms. The number of nitrogens with zero attached hydrogens (tertiary/aromatic N) is 1. The van der Waals surface area contributed by atoms with Crippen LogP contribution in [0.15, 0.2) is 66.7 Å². The molecule has 0 aromatic heterocycles. The molecule has 0 spiro atoms. The van der Waals surface area contributed by atoms with Gasteiger partial charge in [-0.2, -0.15) is 0 Å².